The maximum absolute atomic E-state index is 11.9. The molecule has 0 spiro atoms. The molecule has 5 rings (SSSR count). The van der Waals surface area contributed by atoms with Gasteiger partial charge in [-0.25, -0.2) is 19.3 Å². The van der Waals surface area contributed by atoms with Gasteiger partial charge in [-0.05, 0) is 95.5 Å². The number of anilines is 2. The molecule has 0 aliphatic rings. The van der Waals surface area contributed by atoms with E-state index in [1.807, 2.05) is 87.6 Å². The minimum absolute atomic E-state index is 0. The van der Waals surface area contributed by atoms with E-state index in [0.717, 1.165) is 91.1 Å². The number of thioether (sulfide) groups is 2. The van der Waals surface area contributed by atoms with E-state index in [1.54, 1.807) is 17.1 Å². The quantitative estimate of drug-likeness (QED) is 0.0104. The summed E-state index contributed by atoms with van der Waals surface area (Å²) in [6.45, 7) is 7.27. The molecule has 356 valence electrons. The third kappa shape index (κ3) is 25.4. The molecule has 0 unspecified atom stereocenters. The average molecular weight is 964 g/mol. The molecular formula is C45H63ClN14O4S2. The van der Waals surface area contributed by atoms with Gasteiger partial charge in [0.1, 0.15) is 5.60 Å². The molecule has 18 nitrogen and oxygen atoms in total. The van der Waals surface area contributed by atoms with Crippen molar-refractivity contribution in [1.82, 2.24) is 45.1 Å². The summed E-state index contributed by atoms with van der Waals surface area (Å²) in [5.74, 6) is 4.02. The highest BCUT2D eigenvalue weighted by molar-refractivity contribution is 8.00. The second-order valence-corrected chi connectivity index (χ2v) is 17.5. The molecule has 2 aromatic carbocycles. The molecule has 21 heteroatoms. The van der Waals surface area contributed by atoms with E-state index in [4.69, 9.17) is 28.2 Å². The van der Waals surface area contributed by atoms with E-state index in [9.17, 15) is 14.4 Å². The maximum atomic E-state index is 11.9. The number of rotatable bonds is 23. The Morgan fingerprint density at radius 3 is 2.03 bits per heavy atom. The first-order chi connectivity index (χ1) is 31.3. The van der Waals surface area contributed by atoms with Gasteiger partial charge in [-0.2, -0.15) is 0 Å². The summed E-state index contributed by atoms with van der Waals surface area (Å²) >= 11 is 3.01. The summed E-state index contributed by atoms with van der Waals surface area (Å²) in [7, 11) is 0. The lowest BCUT2D eigenvalue weighted by Crippen LogP contribution is -2.28. The number of hydrogen-bond acceptors (Lipinski definition) is 13. The number of halogens is 1. The number of terminal acetylenes is 1. The van der Waals surface area contributed by atoms with Crippen molar-refractivity contribution in [3.8, 4) is 12.3 Å². The average Bonchev–Trinajstić information content (AvgIpc) is 4.03. The van der Waals surface area contributed by atoms with Crippen molar-refractivity contribution in [3.05, 3.63) is 107 Å². The smallest absolute Gasteiger partial charge is 0.421 e. The van der Waals surface area contributed by atoms with Crippen molar-refractivity contribution in [2.45, 2.75) is 107 Å². The van der Waals surface area contributed by atoms with E-state index in [1.165, 1.54) is 28.1 Å². The van der Waals surface area contributed by atoms with Crippen molar-refractivity contribution in [1.29, 1.82) is 0 Å². The zero-order chi connectivity index (χ0) is 47.1. The van der Waals surface area contributed by atoms with E-state index < -0.39 is 11.7 Å². The van der Waals surface area contributed by atoms with Crippen LogP contribution in [0.1, 0.15) is 82.8 Å². The Hall–Kier alpha value is -6.13. The number of carbonyl (C=O) groups is 3. The molecule has 3 heterocycles. The van der Waals surface area contributed by atoms with Crippen molar-refractivity contribution in [3.63, 3.8) is 0 Å². The number of aryl methyl sites for hydroxylation is 3. The van der Waals surface area contributed by atoms with Crippen LogP contribution in [0.2, 0.25) is 0 Å². The fourth-order valence-electron chi connectivity index (χ4n) is 5.63. The monoisotopic (exact) mass is 962 g/mol. The van der Waals surface area contributed by atoms with E-state index in [-0.39, 0.29) is 36.7 Å². The standard InChI is InChI=1S/C20H27N7OS.C15H23N3O2.C10H12N4OS.ClH/c21-20-23-13-16(24-20)7-3-1-4-8-17-14-27(26-25-17)12-11-22-19(28)15-29-18-9-5-2-6-10-18;1-5-6-7-8-9-10-12-11-18(13(16)17-12)14(19)20-15(2,3)4;11-14-13-7-6-12-10(15)8-16-9-4-2-1-3-5-9;/h2,5-6,9-10,13-14H,1,3-4,7-8,11-12,15H2,(H,22,28)(H3,21,23,24);1,11H,6-10H2,2-4H3,(H2,16,17);1-5H,6-8H2,(H,12,15);1H. The molecule has 0 bridgehead atoms. The van der Waals surface area contributed by atoms with Gasteiger partial charge in [-0.15, -0.1) is 53.4 Å². The number of carbonyl (C=O) groups excluding carboxylic acids is 3. The Bertz CT molecular complexity index is 2230. The fraction of sp³-hybridized carbons (Fsp3) is 0.444. The first kappa shape index (κ1) is 56.0. The molecule has 0 atom stereocenters. The highest BCUT2D eigenvalue weighted by Gasteiger charge is 2.20. The molecule has 0 aliphatic carbocycles. The van der Waals surface area contributed by atoms with Gasteiger partial charge in [0, 0.05) is 58.8 Å². The maximum Gasteiger partial charge on any atom is 0.421 e. The number of hydrogen-bond donors (Lipinski definition) is 5. The Kier molecular flexibility index (Phi) is 27.6. The van der Waals surface area contributed by atoms with Crippen LogP contribution < -0.4 is 22.1 Å². The molecule has 0 saturated carbocycles. The number of nitrogens with two attached hydrogens (primary N) is 2. The Labute approximate surface area is 402 Å². The number of amides is 2. The Morgan fingerprint density at radius 2 is 1.45 bits per heavy atom. The molecule has 3 aromatic heterocycles. The second kappa shape index (κ2) is 32.5. The van der Waals surface area contributed by atoms with E-state index in [2.05, 4.69) is 51.8 Å². The SMILES string of the molecule is C#CCCCCCc1cn(C(=O)OC(C)(C)C)c(N)n1.Cl.Nc1ncc(CCCCCc2cn(CCNC(=O)CSc3ccccc3)nn2)[nH]1.[N-]=[N+]=NCCNC(=O)CSc1ccccc1. The summed E-state index contributed by atoms with van der Waals surface area (Å²) in [5, 5.41) is 17.3. The Morgan fingerprint density at radius 1 is 0.864 bits per heavy atom. The van der Waals surface area contributed by atoms with Gasteiger partial charge in [0.2, 0.25) is 17.8 Å². The van der Waals surface area contributed by atoms with Crippen molar-refractivity contribution in [2.75, 3.05) is 42.6 Å². The number of aromatic amines is 1. The number of benzene rings is 2. The third-order valence-electron chi connectivity index (χ3n) is 8.73. The van der Waals surface area contributed by atoms with E-state index >= 15 is 0 Å². The lowest BCUT2D eigenvalue weighted by molar-refractivity contribution is -0.119. The number of aromatic nitrogens is 7. The fourth-order valence-corrected chi connectivity index (χ4v) is 7.13. The number of azide groups is 1. The van der Waals surface area contributed by atoms with E-state index in [0.29, 0.717) is 37.1 Å². The molecule has 2 amide bonds. The van der Waals surface area contributed by atoms with Crippen LogP contribution in [-0.2, 0) is 40.1 Å². The summed E-state index contributed by atoms with van der Waals surface area (Å²) in [6, 6.07) is 19.6. The molecule has 0 aliphatic heterocycles. The summed E-state index contributed by atoms with van der Waals surface area (Å²) in [5.41, 5.74) is 21.6. The minimum Gasteiger partial charge on any atom is -0.443 e. The Balaban J connectivity index is 0.000000356. The van der Waals surface area contributed by atoms with Crippen molar-refractivity contribution in [2.24, 2.45) is 5.11 Å². The molecule has 0 radical (unpaired) electrons. The molecule has 7 N–H and O–H groups in total. The van der Waals surface area contributed by atoms with Crippen LogP contribution in [0.4, 0.5) is 16.7 Å². The van der Waals surface area contributed by atoms with Gasteiger partial charge >= 0.3 is 6.09 Å². The van der Waals surface area contributed by atoms with Gasteiger partial charge in [0.25, 0.3) is 0 Å². The number of nitrogen functional groups attached to an aromatic ring is 2. The third-order valence-corrected chi connectivity index (χ3v) is 10.8. The normalized spacial score (nSPS) is 10.4. The van der Waals surface area contributed by atoms with Gasteiger partial charge < -0.3 is 31.8 Å². The van der Waals surface area contributed by atoms with Gasteiger partial charge in [0.15, 0.2) is 5.95 Å². The zero-order valence-electron chi connectivity index (χ0n) is 37.9. The van der Waals surface area contributed by atoms with Crippen LogP contribution in [0.3, 0.4) is 0 Å². The largest absolute Gasteiger partial charge is 0.443 e. The van der Waals surface area contributed by atoms with Crippen LogP contribution in [0.5, 0.6) is 0 Å². The van der Waals surface area contributed by atoms with Crippen LogP contribution >= 0.6 is 35.9 Å². The molecule has 5 aromatic rings. The first-order valence-corrected chi connectivity index (χ1v) is 23.4. The number of ether oxygens (including phenoxy) is 1. The number of nitrogens with one attached hydrogen (secondary N) is 3. The summed E-state index contributed by atoms with van der Waals surface area (Å²) in [6.07, 6.45) is 19.8. The lowest BCUT2D eigenvalue weighted by Gasteiger charge is -2.19. The first-order valence-electron chi connectivity index (χ1n) is 21.4. The van der Waals surface area contributed by atoms with Crippen LogP contribution in [-0.4, -0.2) is 89.2 Å². The van der Waals surface area contributed by atoms with Crippen LogP contribution in [0.25, 0.3) is 10.4 Å². The number of imidazole rings is 2. The topological polar surface area (TPSA) is 263 Å². The predicted octanol–water partition coefficient (Wildman–Crippen LogP) is 8.06. The van der Waals surface area contributed by atoms with Crippen molar-refractivity contribution < 1.29 is 19.1 Å². The highest BCUT2D eigenvalue weighted by Crippen LogP contribution is 2.18. The second-order valence-electron chi connectivity index (χ2n) is 15.4. The summed E-state index contributed by atoms with van der Waals surface area (Å²) < 4.78 is 8.29. The van der Waals surface area contributed by atoms with Gasteiger partial charge in [0.05, 0.1) is 35.6 Å². The highest BCUT2D eigenvalue weighted by atomic mass is 35.5. The molecule has 0 fully saturated rings. The molecular weight excluding hydrogens is 900 g/mol. The zero-order valence-corrected chi connectivity index (χ0v) is 40.4. The number of nitrogens with zero attached hydrogens (tertiary/aromatic N) is 9. The van der Waals surface area contributed by atoms with Crippen molar-refractivity contribution >= 4 is 65.7 Å². The number of H-pyrrole nitrogens is 1. The van der Waals surface area contributed by atoms with Gasteiger partial charge in [-0.3, -0.25) is 14.3 Å². The lowest BCUT2D eigenvalue weighted by atomic mass is 10.1. The molecule has 66 heavy (non-hydrogen) atoms. The van der Waals surface area contributed by atoms with Gasteiger partial charge in [-0.1, -0.05) is 59.6 Å². The predicted molar refractivity (Wildman–Crippen MR) is 265 cm³/mol. The minimum atomic E-state index is -0.552. The molecule has 0 saturated heterocycles. The van der Waals surface area contributed by atoms with Crippen LogP contribution in [0.15, 0.2) is 94.2 Å². The number of unbranched alkanes of at least 4 members (excludes halogenated alkanes) is 5. The summed E-state index contributed by atoms with van der Waals surface area (Å²) in [4.78, 5) is 51.1. The van der Waals surface area contributed by atoms with Crippen LogP contribution in [0, 0.1) is 12.3 Å².